The third-order valence-electron chi connectivity index (χ3n) is 2.10. The summed E-state index contributed by atoms with van der Waals surface area (Å²) in [4.78, 5) is 0.0408. The predicted octanol–water partition coefficient (Wildman–Crippen LogP) is 0.202. The average molecular weight is 260 g/mol. The highest BCUT2D eigenvalue weighted by molar-refractivity contribution is 7.89. The van der Waals surface area contributed by atoms with Gasteiger partial charge < -0.3 is 15.2 Å². The minimum absolute atomic E-state index is 0.0408. The van der Waals surface area contributed by atoms with E-state index in [1.54, 1.807) is 13.2 Å². The molecule has 0 aromatic heterocycles. The van der Waals surface area contributed by atoms with E-state index in [9.17, 15) is 8.42 Å². The normalized spacial score (nSPS) is 11.4. The molecule has 0 aliphatic rings. The van der Waals surface area contributed by atoms with Gasteiger partial charge in [-0.05, 0) is 19.2 Å². The molecule has 0 unspecified atom stereocenters. The van der Waals surface area contributed by atoms with Crippen LogP contribution in [0.3, 0.4) is 0 Å². The van der Waals surface area contributed by atoms with Gasteiger partial charge in [0, 0.05) is 13.2 Å². The van der Waals surface area contributed by atoms with Crippen molar-refractivity contribution < 1.29 is 17.9 Å². The Morgan fingerprint density at radius 1 is 1.35 bits per heavy atom. The number of nitrogens with two attached hydrogens (primary N) is 1. The summed E-state index contributed by atoms with van der Waals surface area (Å²) in [7, 11) is -0.625. The summed E-state index contributed by atoms with van der Waals surface area (Å²) in [6.07, 6.45) is 0. The molecule has 6 nitrogen and oxygen atoms in total. The fourth-order valence-electron chi connectivity index (χ4n) is 1.21. The van der Waals surface area contributed by atoms with E-state index in [2.05, 4.69) is 4.72 Å². The standard InChI is InChI=1S/C10H16N2O4S/c1-12-17(13,14)10-4-3-8(7-9(10)11)16-6-5-15-2/h3-4,7,12H,5-6,11H2,1-2H3. The predicted molar refractivity (Wildman–Crippen MR) is 64.5 cm³/mol. The van der Waals surface area contributed by atoms with Gasteiger partial charge in [-0.15, -0.1) is 0 Å². The van der Waals surface area contributed by atoms with Gasteiger partial charge in [-0.1, -0.05) is 0 Å². The van der Waals surface area contributed by atoms with Gasteiger partial charge in [0.1, 0.15) is 17.3 Å². The third kappa shape index (κ3) is 3.58. The average Bonchev–Trinajstić information content (AvgIpc) is 2.29. The van der Waals surface area contributed by atoms with Crippen LogP contribution in [0.2, 0.25) is 0 Å². The second-order valence-corrected chi connectivity index (χ2v) is 5.10. The first-order valence-electron chi connectivity index (χ1n) is 4.96. The molecule has 1 aromatic rings. The van der Waals surface area contributed by atoms with Crippen molar-refractivity contribution in [3.05, 3.63) is 18.2 Å². The van der Waals surface area contributed by atoms with Crippen molar-refractivity contribution in [2.45, 2.75) is 4.90 Å². The number of methoxy groups -OCH3 is 1. The molecular formula is C10H16N2O4S. The number of sulfonamides is 1. The summed E-state index contributed by atoms with van der Waals surface area (Å²) in [6, 6.07) is 4.43. The molecular weight excluding hydrogens is 244 g/mol. The molecule has 96 valence electrons. The fraction of sp³-hybridized carbons (Fsp3) is 0.400. The first-order valence-corrected chi connectivity index (χ1v) is 6.44. The summed E-state index contributed by atoms with van der Waals surface area (Å²) in [5, 5.41) is 0. The summed E-state index contributed by atoms with van der Waals surface area (Å²) in [5.74, 6) is 0.509. The number of anilines is 1. The van der Waals surface area contributed by atoms with Gasteiger partial charge in [-0.25, -0.2) is 13.1 Å². The van der Waals surface area contributed by atoms with Crippen LogP contribution in [0.5, 0.6) is 5.75 Å². The maximum atomic E-state index is 11.5. The van der Waals surface area contributed by atoms with Crippen LogP contribution >= 0.6 is 0 Å². The molecule has 0 spiro atoms. The van der Waals surface area contributed by atoms with Crippen LogP contribution in [0.15, 0.2) is 23.1 Å². The molecule has 0 amide bonds. The van der Waals surface area contributed by atoms with E-state index < -0.39 is 10.0 Å². The lowest BCUT2D eigenvalue weighted by Crippen LogP contribution is -2.19. The number of hydrogen-bond acceptors (Lipinski definition) is 5. The van der Waals surface area contributed by atoms with Crippen molar-refractivity contribution in [1.82, 2.24) is 4.72 Å². The first kappa shape index (κ1) is 13.8. The Bertz CT molecular complexity index is 473. The Hall–Kier alpha value is -1.31. The maximum absolute atomic E-state index is 11.5. The molecule has 0 aliphatic carbocycles. The summed E-state index contributed by atoms with van der Waals surface area (Å²) in [6.45, 7) is 0.838. The van der Waals surface area contributed by atoms with Crippen LogP contribution in [-0.2, 0) is 14.8 Å². The minimum Gasteiger partial charge on any atom is -0.491 e. The molecule has 0 bridgehead atoms. The van der Waals surface area contributed by atoms with E-state index in [1.165, 1.54) is 19.2 Å². The summed E-state index contributed by atoms with van der Waals surface area (Å²) < 4.78 is 35.4. The number of benzene rings is 1. The van der Waals surface area contributed by atoms with Crippen LogP contribution in [0.1, 0.15) is 0 Å². The Balaban J connectivity index is 2.87. The van der Waals surface area contributed by atoms with Crippen molar-refractivity contribution in [2.75, 3.05) is 33.1 Å². The highest BCUT2D eigenvalue weighted by Crippen LogP contribution is 2.23. The number of hydrogen-bond donors (Lipinski definition) is 2. The Labute approximate surface area is 101 Å². The van der Waals surface area contributed by atoms with E-state index in [0.717, 1.165) is 0 Å². The van der Waals surface area contributed by atoms with Gasteiger partial charge >= 0.3 is 0 Å². The van der Waals surface area contributed by atoms with Crippen LogP contribution in [0.4, 0.5) is 5.69 Å². The van der Waals surface area contributed by atoms with Gasteiger partial charge in [0.15, 0.2) is 0 Å². The van der Waals surface area contributed by atoms with Gasteiger partial charge in [-0.2, -0.15) is 0 Å². The zero-order valence-corrected chi connectivity index (χ0v) is 10.6. The lowest BCUT2D eigenvalue weighted by atomic mass is 10.3. The lowest BCUT2D eigenvalue weighted by Gasteiger charge is -2.09. The second-order valence-electron chi connectivity index (χ2n) is 3.25. The van der Waals surface area contributed by atoms with Crippen molar-refractivity contribution in [2.24, 2.45) is 0 Å². The minimum atomic E-state index is -3.53. The maximum Gasteiger partial charge on any atom is 0.242 e. The van der Waals surface area contributed by atoms with Crippen molar-refractivity contribution in [1.29, 1.82) is 0 Å². The molecule has 3 N–H and O–H groups in total. The van der Waals surface area contributed by atoms with Crippen molar-refractivity contribution in [3.8, 4) is 5.75 Å². The van der Waals surface area contributed by atoms with E-state index in [-0.39, 0.29) is 10.6 Å². The molecule has 0 aliphatic heterocycles. The van der Waals surface area contributed by atoms with Crippen molar-refractivity contribution in [3.63, 3.8) is 0 Å². The van der Waals surface area contributed by atoms with Gasteiger partial charge in [0.2, 0.25) is 10.0 Å². The molecule has 0 saturated carbocycles. The van der Waals surface area contributed by atoms with Crippen LogP contribution < -0.4 is 15.2 Å². The van der Waals surface area contributed by atoms with Crippen molar-refractivity contribution >= 4 is 15.7 Å². The van der Waals surface area contributed by atoms with Gasteiger partial charge in [0.25, 0.3) is 0 Å². The van der Waals surface area contributed by atoms with Crippen LogP contribution in [-0.4, -0.2) is 35.8 Å². The van der Waals surface area contributed by atoms with Crippen LogP contribution in [0.25, 0.3) is 0 Å². The van der Waals surface area contributed by atoms with Crippen LogP contribution in [0, 0.1) is 0 Å². The molecule has 0 saturated heterocycles. The molecule has 7 heteroatoms. The molecule has 17 heavy (non-hydrogen) atoms. The third-order valence-corrected chi connectivity index (χ3v) is 3.58. The SMILES string of the molecule is CNS(=O)(=O)c1ccc(OCCOC)cc1N. The van der Waals surface area contributed by atoms with E-state index >= 15 is 0 Å². The first-order chi connectivity index (χ1) is 8.01. The second kappa shape index (κ2) is 5.85. The number of rotatable bonds is 6. The zero-order valence-electron chi connectivity index (χ0n) is 9.76. The molecule has 0 heterocycles. The van der Waals surface area contributed by atoms with E-state index in [4.69, 9.17) is 15.2 Å². The number of nitrogens with one attached hydrogen (secondary N) is 1. The Morgan fingerprint density at radius 3 is 2.59 bits per heavy atom. The van der Waals surface area contributed by atoms with E-state index in [0.29, 0.717) is 19.0 Å². The molecule has 1 aromatic carbocycles. The topological polar surface area (TPSA) is 90.7 Å². The van der Waals surface area contributed by atoms with E-state index in [1.807, 2.05) is 0 Å². The quantitative estimate of drug-likeness (QED) is 0.563. The molecule has 0 atom stereocenters. The number of nitrogen functional groups attached to an aromatic ring is 1. The Morgan fingerprint density at radius 2 is 2.06 bits per heavy atom. The number of ether oxygens (including phenoxy) is 2. The molecule has 0 radical (unpaired) electrons. The largest absolute Gasteiger partial charge is 0.491 e. The molecule has 0 fully saturated rings. The summed E-state index contributed by atoms with van der Waals surface area (Å²) in [5.41, 5.74) is 5.80. The van der Waals surface area contributed by atoms with Gasteiger partial charge in [0.05, 0.1) is 12.3 Å². The van der Waals surface area contributed by atoms with Gasteiger partial charge in [-0.3, -0.25) is 0 Å². The fourth-order valence-corrected chi connectivity index (χ4v) is 2.05. The highest BCUT2D eigenvalue weighted by Gasteiger charge is 2.15. The molecule has 1 rings (SSSR count). The zero-order chi connectivity index (χ0) is 12.9. The Kier molecular flexibility index (Phi) is 4.73. The summed E-state index contributed by atoms with van der Waals surface area (Å²) >= 11 is 0. The highest BCUT2D eigenvalue weighted by atomic mass is 32.2. The smallest absolute Gasteiger partial charge is 0.242 e. The lowest BCUT2D eigenvalue weighted by molar-refractivity contribution is 0.146. The monoisotopic (exact) mass is 260 g/mol.